The molecule has 0 saturated heterocycles. The number of nitrogens with zero attached hydrogens (tertiary/aromatic N) is 1. The van der Waals surface area contributed by atoms with E-state index in [4.69, 9.17) is 4.74 Å². The zero-order valence-corrected chi connectivity index (χ0v) is 16.8. The van der Waals surface area contributed by atoms with Crippen molar-refractivity contribution < 1.29 is 14.3 Å². The number of carbonyl (C=O) groups excluding carboxylic acids is 2. The number of carbonyl (C=O) groups is 2. The van der Waals surface area contributed by atoms with Crippen molar-refractivity contribution >= 4 is 18.0 Å². The van der Waals surface area contributed by atoms with Gasteiger partial charge >= 0.3 is 5.97 Å². The molecule has 2 rings (SSSR count). The fourth-order valence-electron chi connectivity index (χ4n) is 3.06. The minimum absolute atomic E-state index is 0.0661. The van der Waals surface area contributed by atoms with E-state index in [0.717, 1.165) is 5.56 Å². The third-order valence-electron chi connectivity index (χ3n) is 4.54. The van der Waals surface area contributed by atoms with E-state index in [-0.39, 0.29) is 11.3 Å². The molecule has 0 unspecified atom stereocenters. The zero-order chi connectivity index (χ0) is 19.6. The number of ether oxygens (including phenoxy) is 1. The van der Waals surface area contributed by atoms with E-state index in [0.29, 0.717) is 29.3 Å². The van der Waals surface area contributed by atoms with Crippen LogP contribution in [0.1, 0.15) is 52.7 Å². The van der Waals surface area contributed by atoms with Gasteiger partial charge in [0.15, 0.2) is 0 Å². The van der Waals surface area contributed by atoms with Crippen LogP contribution in [0, 0.1) is 5.92 Å². The maximum atomic E-state index is 12.9. The lowest BCUT2D eigenvalue weighted by Crippen LogP contribution is -2.28. The predicted octanol–water partition coefficient (Wildman–Crippen LogP) is 4.31. The molecular formula is C22H29NO3. The van der Waals surface area contributed by atoms with Gasteiger partial charge in [-0.25, -0.2) is 4.79 Å². The quantitative estimate of drug-likeness (QED) is 0.597. The molecule has 0 aliphatic carbocycles. The van der Waals surface area contributed by atoms with Gasteiger partial charge in [0.1, 0.15) is 0 Å². The van der Waals surface area contributed by atoms with Crippen LogP contribution in [0.5, 0.6) is 0 Å². The molecule has 1 heterocycles. The molecule has 1 aliphatic rings. The number of benzene rings is 1. The summed E-state index contributed by atoms with van der Waals surface area (Å²) in [6.07, 6.45) is 1.78. The van der Waals surface area contributed by atoms with Gasteiger partial charge in [-0.05, 0) is 35.5 Å². The van der Waals surface area contributed by atoms with E-state index in [2.05, 4.69) is 32.9 Å². The van der Waals surface area contributed by atoms with Gasteiger partial charge < -0.3 is 9.64 Å². The summed E-state index contributed by atoms with van der Waals surface area (Å²) in [7, 11) is 1.34. The van der Waals surface area contributed by atoms with Crippen molar-refractivity contribution in [2.75, 3.05) is 13.7 Å². The van der Waals surface area contributed by atoms with Gasteiger partial charge in [-0.1, -0.05) is 58.9 Å². The van der Waals surface area contributed by atoms with Crippen molar-refractivity contribution in [1.29, 1.82) is 0 Å². The van der Waals surface area contributed by atoms with Crippen LogP contribution < -0.4 is 0 Å². The zero-order valence-electron chi connectivity index (χ0n) is 16.8. The lowest BCUT2D eigenvalue weighted by atomic mass is 9.86. The van der Waals surface area contributed by atoms with Crippen LogP contribution in [0.15, 0.2) is 41.1 Å². The normalized spacial score (nSPS) is 16.8. The largest absolute Gasteiger partial charge is 0.465 e. The van der Waals surface area contributed by atoms with E-state index in [1.807, 2.05) is 26.0 Å². The van der Waals surface area contributed by atoms with Crippen LogP contribution >= 0.6 is 0 Å². The van der Waals surface area contributed by atoms with Crippen molar-refractivity contribution in [1.82, 2.24) is 4.90 Å². The molecule has 0 atom stereocenters. The van der Waals surface area contributed by atoms with Crippen LogP contribution in [0.3, 0.4) is 0 Å². The first-order chi connectivity index (χ1) is 12.1. The Bertz CT molecular complexity index is 762. The first-order valence-corrected chi connectivity index (χ1v) is 9.00. The summed E-state index contributed by atoms with van der Waals surface area (Å²) in [5, 5.41) is 0. The fraction of sp³-hybridized carbons (Fsp3) is 0.455. The monoisotopic (exact) mass is 355 g/mol. The standard InChI is InChI=1S/C22H29NO3/c1-14(2)13-23-15(3)19(21(25)26-7)18(20(23)24)12-16-8-10-17(11-9-16)22(4,5)6/h8-12,14H,13H2,1-7H3. The molecule has 26 heavy (non-hydrogen) atoms. The highest BCUT2D eigenvalue weighted by atomic mass is 16.5. The molecule has 1 amide bonds. The number of hydrogen-bond donors (Lipinski definition) is 0. The third-order valence-corrected chi connectivity index (χ3v) is 4.54. The van der Waals surface area contributed by atoms with Gasteiger partial charge in [-0.3, -0.25) is 4.79 Å². The topological polar surface area (TPSA) is 46.6 Å². The molecule has 4 heteroatoms. The summed E-state index contributed by atoms with van der Waals surface area (Å²) >= 11 is 0. The smallest absolute Gasteiger partial charge is 0.340 e. The summed E-state index contributed by atoms with van der Waals surface area (Å²) in [6, 6.07) is 8.09. The molecule has 0 bridgehead atoms. The van der Waals surface area contributed by atoms with Crippen LogP contribution in [0.2, 0.25) is 0 Å². The molecule has 1 aromatic rings. The maximum absolute atomic E-state index is 12.9. The van der Waals surface area contributed by atoms with E-state index < -0.39 is 5.97 Å². The van der Waals surface area contributed by atoms with E-state index in [9.17, 15) is 9.59 Å². The molecule has 4 nitrogen and oxygen atoms in total. The molecule has 0 radical (unpaired) electrons. The van der Waals surface area contributed by atoms with Gasteiger partial charge in [0.25, 0.3) is 5.91 Å². The number of allylic oxidation sites excluding steroid dienone is 1. The molecule has 1 aromatic carbocycles. The first kappa shape index (κ1) is 20.0. The summed E-state index contributed by atoms with van der Waals surface area (Å²) < 4.78 is 4.92. The highest BCUT2D eigenvalue weighted by Gasteiger charge is 2.37. The van der Waals surface area contributed by atoms with Gasteiger partial charge in [0.2, 0.25) is 0 Å². The Morgan fingerprint density at radius 1 is 1.19 bits per heavy atom. The average molecular weight is 355 g/mol. The molecular weight excluding hydrogens is 326 g/mol. The minimum Gasteiger partial charge on any atom is -0.465 e. The molecule has 0 spiro atoms. The lowest BCUT2D eigenvalue weighted by molar-refractivity contribution is -0.136. The maximum Gasteiger partial charge on any atom is 0.340 e. The number of esters is 1. The second-order valence-electron chi connectivity index (χ2n) is 8.19. The van der Waals surface area contributed by atoms with Crippen molar-refractivity contribution in [3.8, 4) is 0 Å². The molecule has 0 fully saturated rings. The van der Waals surface area contributed by atoms with Crippen molar-refractivity contribution in [2.45, 2.75) is 47.0 Å². The second-order valence-corrected chi connectivity index (χ2v) is 8.19. The van der Waals surface area contributed by atoms with E-state index in [1.165, 1.54) is 12.7 Å². The van der Waals surface area contributed by atoms with Gasteiger partial charge in [0, 0.05) is 12.2 Å². The van der Waals surface area contributed by atoms with Crippen LogP contribution in [0.25, 0.3) is 6.08 Å². The fourth-order valence-corrected chi connectivity index (χ4v) is 3.06. The highest BCUT2D eigenvalue weighted by molar-refractivity contribution is 6.16. The molecule has 0 aromatic heterocycles. The summed E-state index contributed by atoms with van der Waals surface area (Å²) in [5.41, 5.74) is 3.60. The molecule has 140 valence electrons. The third kappa shape index (κ3) is 4.06. The van der Waals surface area contributed by atoms with E-state index in [1.54, 1.807) is 17.9 Å². The van der Waals surface area contributed by atoms with Crippen molar-refractivity contribution in [3.63, 3.8) is 0 Å². The van der Waals surface area contributed by atoms with Crippen molar-refractivity contribution in [3.05, 3.63) is 52.2 Å². The Morgan fingerprint density at radius 3 is 2.23 bits per heavy atom. The van der Waals surface area contributed by atoms with Gasteiger partial charge in [-0.15, -0.1) is 0 Å². The Morgan fingerprint density at radius 2 is 1.77 bits per heavy atom. The molecule has 1 aliphatic heterocycles. The van der Waals surface area contributed by atoms with Crippen LogP contribution in [-0.4, -0.2) is 30.4 Å². The van der Waals surface area contributed by atoms with Gasteiger partial charge in [0.05, 0.1) is 18.3 Å². The summed E-state index contributed by atoms with van der Waals surface area (Å²) in [6.45, 7) is 12.9. The van der Waals surface area contributed by atoms with Gasteiger partial charge in [-0.2, -0.15) is 0 Å². The number of amides is 1. The Hall–Kier alpha value is -2.36. The Kier molecular flexibility index (Phi) is 5.74. The SMILES string of the molecule is COC(=O)C1=C(C)N(CC(C)C)C(=O)C1=Cc1ccc(C(C)(C)C)cc1. The predicted molar refractivity (Wildman–Crippen MR) is 104 cm³/mol. The number of rotatable bonds is 4. The van der Waals surface area contributed by atoms with E-state index >= 15 is 0 Å². The number of hydrogen-bond acceptors (Lipinski definition) is 3. The Labute approximate surface area is 156 Å². The summed E-state index contributed by atoms with van der Waals surface area (Å²) in [5.74, 6) is -0.311. The highest BCUT2D eigenvalue weighted by Crippen LogP contribution is 2.32. The average Bonchev–Trinajstić information content (AvgIpc) is 2.78. The minimum atomic E-state index is -0.473. The van der Waals surface area contributed by atoms with Crippen LogP contribution in [-0.2, 0) is 19.7 Å². The lowest BCUT2D eigenvalue weighted by Gasteiger charge is -2.20. The van der Waals surface area contributed by atoms with Crippen molar-refractivity contribution in [2.24, 2.45) is 5.92 Å². The Balaban J connectivity index is 2.46. The number of methoxy groups -OCH3 is 1. The first-order valence-electron chi connectivity index (χ1n) is 9.00. The second kappa shape index (κ2) is 7.48. The molecule has 0 N–H and O–H groups in total. The van der Waals surface area contributed by atoms with Crippen LogP contribution in [0.4, 0.5) is 0 Å². The summed E-state index contributed by atoms with van der Waals surface area (Å²) in [4.78, 5) is 26.9. The molecule has 0 saturated carbocycles.